The fourth-order valence-corrected chi connectivity index (χ4v) is 4.22. The van der Waals surface area contributed by atoms with Crippen LogP contribution >= 0.6 is 0 Å². The van der Waals surface area contributed by atoms with Gasteiger partial charge in [-0.25, -0.2) is 9.59 Å². The van der Waals surface area contributed by atoms with Gasteiger partial charge in [0.05, 0.1) is 32.1 Å². The van der Waals surface area contributed by atoms with Crippen molar-refractivity contribution in [3.05, 3.63) is 70.8 Å². The van der Waals surface area contributed by atoms with Gasteiger partial charge in [-0.15, -0.1) is 0 Å². The highest BCUT2D eigenvalue weighted by molar-refractivity contribution is 5.77. The van der Waals surface area contributed by atoms with Crippen molar-refractivity contribution < 1.29 is 34.0 Å². The fourth-order valence-electron chi connectivity index (χ4n) is 4.22. The van der Waals surface area contributed by atoms with Crippen LogP contribution in [0.15, 0.2) is 59.5 Å². The van der Waals surface area contributed by atoms with Crippen molar-refractivity contribution in [2.45, 2.75) is 31.3 Å². The summed E-state index contributed by atoms with van der Waals surface area (Å²) in [6, 6.07) is 14.9. The predicted molar refractivity (Wildman–Crippen MR) is 135 cm³/mol. The van der Waals surface area contributed by atoms with Crippen LogP contribution in [0.3, 0.4) is 0 Å². The molecule has 0 bridgehead atoms. The van der Waals surface area contributed by atoms with Crippen LogP contribution in [0.1, 0.15) is 18.2 Å². The standard InChI is InChI=1S/C26H28N4O8/c31-15-21-17(32)13-22(38-21)30-14-20-24(29-25(30)33)28-23-18(7-4-8-19(23)37-20)35-12-10-27-26(34)36-11-9-16-5-2-1-3-6-16/h1-8,14,17,21-22,31-32H,9-13,15H2,(H,27,34)(H,28,29,33)/t17-,21-,22-/m1/s1. The van der Waals surface area contributed by atoms with E-state index in [-0.39, 0.29) is 38.6 Å². The molecule has 1 aromatic heterocycles. The first-order valence-electron chi connectivity index (χ1n) is 12.2. The summed E-state index contributed by atoms with van der Waals surface area (Å²) in [5.41, 5.74) is 0.971. The van der Waals surface area contributed by atoms with Gasteiger partial charge in [0.2, 0.25) is 0 Å². The number of carbonyl (C=O) groups excluding carboxylic acids is 1. The molecular weight excluding hydrogens is 496 g/mol. The summed E-state index contributed by atoms with van der Waals surface area (Å²) in [4.78, 5) is 28.6. The number of aliphatic hydroxyl groups is 2. The lowest BCUT2D eigenvalue weighted by Gasteiger charge is -2.24. The highest BCUT2D eigenvalue weighted by Gasteiger charge is 2.36. The van der Waals surface area contributed by atoms with Crippen molar-refractivity contribution in [3.8, 4) is 17.2 Å². The third kappa shape index (κ3) is 5.72. The number of aliphatic hydroxyl groups excluding tert-OH is 2. The molecule has 0 spiro atoms. The van der Waals surface area contributed by atoms with Crippen molar-refractivity contribution in [2.24, 2.45) is 0 Å². The molecule has 38 heavy (non-hydrogen) atoms. The molecule has 12 heteroatoms. The van der Waals surface area contributed by atoms with Gasteiger partial charge in [-0.1, -0.05) is 36.4 Å². The minimum atomic E-state index is -0.891. The molecule has 4 N–H and O–H groups in total. The van der Waals surface area contributed by atoms with Crippen LogP contribution in [0.4, 0.5) is 16.3 Å². The Morgan fingerprint density at radius 2 is 2.00 bits per heavy atom. The predicted octanol–water partition coefficient (Wildman–Crippen LogP) is 2.08. The lowest BCUT2D eigenvalue weighted by molar-refractivity contribution is -0.0459. The molecule has 0 saturated carbocycles. The molecule has 1 saturated heterocycles. The molecule has 0 unspecified atom stereocenters. The van der Waals surface area contributed by atoms with Gasteiger partial charge in [0.1, 0.15) is 30.4 Å². The molecule has 1 fully saturated rings. The largest absolute Gasteiger partial charge is 0.489 e. The Kier molecular flexibility index (Phi) is 7.73. The number of benzene rings is 2. The monoisotopic (exact) mass is 524 g/mol. The molecule has 0 radical (unpaired) electrons. The zero-order valence-electron chi connectivity index (χ0n) is 20.4. The average molecular weight is 525 g/mol. The van der Waals surface area contributed by atoms with E-state index >= 15 is 0 Å². The number of para-hydroxylation sites is 1. The van der Waals surface area contributed by atoms with E-state index in [1.807, 2.05) is 30.3 Å². The topological polar surface area (TPSA) is 153 Å². The zero-order chi connectivity index (χ0) is 26.5. The normalized spacial score (nSPS) is 19.5. The zero-order valence-corrected chi connectivity index (χ0v) is 20.4. The van der Waals surface area contributed by atoms with E-state index in [0.717, 1.165) is 5.56 Å². The van der Waals surface area contributed by atoms with E-state index in [2.05, 4.69) is 15.6 Å². The summed E-state index contributed by atoms with van der Waals surface area (Å²) >= 11 is 0. The molecule has 5 rings (SSSR count). The van der Waals surface area contributed by atoms with Gasteiger partial charge in [0.25, 0.3) is 0 Å². The van der Waals surface area contributed by atoms with Crippen LogP contribution in [-0.2, 0) is 15.9 Å². The summed E-state index contributed by atoms with van der Waals surface area (Å²) in [6.45, 7) is 0.301. The van der Waals surface area contributed by atoms with E-state index in [1.54, 1.807) is 18.2 Å². The Balaban J connectivity index is 1.15. The second kappa shape index (κ2) is 11.5. The second-order valence-corrected chi connectivity index (χ2v) is 8.76. The Bertz CT molecular complexity index is 1330. The third-order valence-corrected chi connectivity index (χ3v) is 6.16. The fraction of sp³-hybridized carbons (Fsp3) is 0.346. The lowest BCUT2D eigenvalue weighted by Crippen LogP contribution is -2.29. The number of amides is 1. The molecule has 0 aliphatic carbocycles. The number of fused-ring (bicyclic) bond motifs is 2. The first-order valence-corrected chi connectivity index (χ1v) is 12.2. The van der Waals surface area contributed by atoms with Gasteiger partial charge in [-0.3, -0.25) is 4.57 Å². The molecule has 200 valence electrons. The summed E-state index contributed by atoms with van der Waals surface area (Å²) < 4.78 is 23.8. The molecule has 2 aromatic carbocycles. The first-order chi connectivity index (χ1) is 18.5. The molecule has 3 heterocycles. The minimum absolute atomic E-state index is 0.141. The molecule has 2 aliphatic rings. The first kappa shape index (κ1) is 25.5. The van der Waals surface area contributed by atoms with E-state index in [0.29, 0.717) is 29.4 Å². The number of alkyl carbamates (subject to hydrolysis) is 1. The number of aromatic nitrogens is 2. The van der Waals surface area contributed by atoms with Crippen LogP contribution in [0.5, 0.6) is 17.2 Å². The summed E-state index contributed by atoms with van der Waals surface area (Å²) in [6.07, 6.45) is -0.734. The maximum atomic E-state index is 12.7. The SMILES string of the molecule is O=C(NCCOc1cccc2c1Nc1nc(=O)n([C@H]3C[C@@H](O)[C@@H](CO)O3)cc1O2)OCCc1ccccc1. The summed E-state index contributed by atoms with van der Waals surface area (Å²) in [5, 5.41) is 25.0. The van der Waals surface area contributed by atoms with Gasteiger partial charge >= 0.3 is 11.8 Å². The van der Waals surface area contributed by atoms with Gasteiger partial charge in [-0.05, 0) is 17.7 Å². The van der Waals surface area contributed by atoms with Gasteiger partial charge in [-0.2, -0.15) is 4.98 Å². The Morgan fingerprint density at radius 1 is 1.16 bits per heavy atom. The van der Waals surface area contributed by atoms with Crippen LogP contribution in [0, 0.1) is 0 Å². The number of anilines is 2. The van der Waals surface area contributed by atoms with E-state index in [1.165, 1.54) is 10.8 Å². The number of hydrogen-bond acceptors (Lipinski definition) is 10. The number of hydrogen-bond donors (Lipinski definition) is 4. The average Bonchev–Trinajstić information content (AvgIpc) is 3.30. The highest BCUT2D eigenvalue weighted by Crippen LogP contribution is 2.45. The second-order valence-electron chi connectivity index (χ2n) is 8.76. The Morgan fingerprint density at radius 3 is 2.79 bits per heavy atom. The third-order valence-electron chi connectivity index (χ3n) is 6.16. The quantitative estimate of drug-likeness (QED) is 0.239. The van der Waals surface area contributed by atoms with Gasteiger partial charge in [0, 0.05) is 12.8 Å². The van der Waals surface area contributed by atoms with E-state index < -0.39 is 30.2 Å². The number of nitrogens with zero attached hydrogens (tertiary/aromatic N) is 2. The number of rotatable bonds is 9. The Labute approximate surface area is 217 Å². The highest BCUT2D eigenvalue weighted by atomic mass is 16.6. The van der Waals surface area contributed by atoms with Crippen LogP contribution < -0.4 is 25.8 Å². The van der Waals surface area contributed by atoms with Crippen LogP contribution in [-0.4, -0.2) is 64.4 Å². The lowest BCUT2D eigenvalue weighted by atomic mass is 10.2. The number of nitrogens with one attached hydrogen (secondary N) is 2. The van der Waals surface area contributed by atoms with Crippen LogP contribution in [0.25, 0.3) is 0 Å². The maximum absolute atomic E-state index is 12.7. The maximum Gasteiger partial charge on any atom is 0.407 e. The molecule has 3 atom stereocenters. The van der Waals surface area contributed by atoms with Crippen molar-refractivity contribution in [1.82, 2.24) is 14.9 Å². The van der Waals surface area contributed by atoms with Crippen molar-refractivity contribution in [1.29, 1.82) is 0 Å². The number of carbonyl (C=O) groups is 1. The molecule has 3 aromatic rings. The van der Waals surface area contributed by atoms with E-state index in [4.69, 9.17) is 18.9 Å². The van der Waals surface area contributed by atoms with Crippen molar-refractivity contribution in [2.75, 3.05) is 31.7 Å². The smallest absolute Gasteiger partial charge is 0.407 e. The minimum Gasteiger partial charge on any atom is -0.489 e. The van der Waals surface area contributed by atoms with E-state index in [9.17, 15) is 19.8 Å². The summed E-state index contributed by atoms with van der Waals surface area (Å²) in [5.74, 6) is 1.40. The van der Waals surface area contributed by atoms with Crippen LogP contribution in [0.2, 0.25) is 0 Å². The Hall–Kier alpha value is -4.13. The molecular formula is C26H28N4O8. The summed E-state index contributed by atoms with van der Waals surface area (Å²) in [7, 11) is 0. The van der Waals surface area contributed by atoms with Crippen molar-refractivity contribution >= 4 is 17.6 Å². The van der Waals surface area contributed by atoms with Crippen molar-refractivity contribution in [3.63, 3.8) is 0 Å². The molecule has 12 nitrogen and oxygen atoms in total. The molecule has 1 amide bonds. The molecule has 2 aliphatic heterocycles. The van der Waals surface area contributed by atoms with Gasteiger partial charge < -0.3 is 39.8 Å². The van der Waals surface area contributed by atoms with Gasteiger partial charge in [0.15, 0.2) is 17.3 Å². The number of ether oxygens (including phenoxy) is 4.